The fourth-order valence-corrected chi connectivity index (χ4v) is 3.67. The standard InChI is InChI=1S/C19H21ClN6O/c1-24-11-13(9-22-24)19(27)25(2)15-4-3-7-26(12-15)18-10-21-17-8-14(20)5-6-16(17)23-18/h5-6,8-11,15H,3-4,7,12H2,1-2H3. The summed E-state index contributed by atoms with van der Waals surface area (Å²) in [6, 6.07) is 5.64. The van der Waals surface area contributed by atoms with Gasteiger partial charge in [0.2, 0.25) is 0 Å². The number of aromatic nitrogens is 4. The zero-order valence-corrected chi connectivity index (χ0v) is 16.1. The molecule has 140 valence electrons. The molecule has 8 heteroatoms. The van der Waals surface area contributed by atoms with Gasteiger partial charge in [0.05, 0.1) is 29.0 Å². The monoisotopic (exact) mass is 384 g/mol. The van der Waals surface area contributed by atoms with E-state index in [0.717, 1.165) is 42.8 Å². The third-order valence-electron chi connectivity index (χ3n) is 5.03. The molecule has 0 spiro atoms. The molecule has 1 amide bonds. The molecule has 1 unspecified atom stereocenters. The van der Waals surface area contributed by atoms with Crippen molar-refractivity contribution in [2.75, 3.05) is 25.0 Å². The number of carbonyl (C=O) groups excluding carboxylic acids is 1. The summed E-state index contributed by atoms with van der Waals surface area (Å²) in [5.41, 5.74) is 2.21. The van der Waals surface area contributed by atoms with Crippen molar-refractivity contribution < 1.29 is 4.79 Å². The number of anilines is 1. The number of likely N-dealkylation sites (N-methyl/N-ethyl adjacent to an activating group) is 1. The number of piperidine rings is 1. The lowest BCUT2D eigenvalue weighted by atomic mass is 10.0. The molecule has 0 bridgehead atoms. The molecule has 1 atom stereocenters. The van der Waals surface area contributed by atoms with Crippen LogP contribution < -0.4 is 4.90 Å². The molecule has 1 fully saturated rings. The number of benzene rings is 1. The van der Waals surface area contributed by atoms with E-state index < -0.39 is 0 Å². The predicted octanol–water partition coefficient (Wildman–Crippen LogP) is 2.76. The van der Waals surface area contributed by atoms with Crippen LogP contribution in [-0.2, 0) is 7.05 Å². The number of carbonyl (C=O) groups is 1. The summed E-state index contributed by atoms with van der Waals surface area (Å²) >= 11 is 6.02. The van der Waals surface area contributed by atoms with Crippen LogP contribution in [0, 0.1) is 0 Å². The number of rotatable bonds is 3. The molecule has 4 rings (SSSR count). The first-order chi connectivity index (χ1) is 13.0. The van der Waals surface area contributed by atoms with Crippen molar-refractivity contribution in [1.29, 1.82) is 0 Å². The van der Waals surface area contributed by atoms with Crippen molar-refractivity contribution in [2.24, 2.45) is 7.05 Å². The van der Waals surface area contributed by atoms with E-state index in [-0.39, 0.29) is 11.9 Å². The molecule has 1 aliphatic rings. The van der Waals surface area contributed by atoms with Crippen molar-refractivity contribution in [3.05, 3.63) is 47.4 Å². The average molecular weight is 385 g/mol. The van der Waals surface area contributed by atoms with Crippen molar-refractivity contribution in [1.82, 2.24) is 24.6 Å². The molecule has 3 aromatic rings. The van der Waals surface area contributed by atoms with Gasteiger partial charge >= 0.3 is 0 Å². The lowest BCUT2D eigenvalue weighted by Gasteiger charge is -2.38. The maximum Gasteiger partial charge on any atom is 0.257 e. The number of hydrogen-bond acceptors (Lipinski definition) is 5. The SMILES string of the molecule is CN(C(=O)c1cnn(C)c1)C1CCCN(c2cnc3cc(Cl)ccc3n2)C1. The van der Waals surface area contributed by atoms with E-state index in [1.165, 1.54) is 0 Å². The minimum Gasteiger partial charge on any atom is -0.353 e. The van der Waals surface area contributed by atoms with Crippen LogP contribution in [0.25, 0.3) is 11.0 Å². The van der Waals surface area contributed by atoms with Crippen molar-refractivity contribution in [3.63, 3.8) is 0 Å². The van der Waals surface area contributed by atoms with E-state index in [4.69, 9.17) is 16.6 Å². The zero-order chi connectivity index (χ0) is 19.0. The van der Waals surface area contributed by atoms with Crippen LogP contribution >= 0.6 is 11.6 Å². The fourth-order valence-electron chi connectivity index (χ4n) is 3.51. The highest BCUT2D eigenvalue weighted by molar-refractivity contribution is 6.31. The number of nitrogens with zero attached hydrogens (tertiary/aromatic N) is 6. The molecule has 0 N–H and O–H groups in total. The molecule has 0 aliphatic carbocycles. The smallest absolute Gasteiger partial charge is 0.257 e. The number of aryl methyl sites for hydroxylation is 1. The number of fused-ring (bicyclic) bond motifs is 1. The van der Waals surface area contributed by atoms with Gasteiger partial charge in [0.15, 0.2) is 0 Å². The Morgan fingerprint density at radius 1 is 1.30 bits per heavy atom. The van der Waals surface area contributed by atoms with Crippen LogP contribution in [0.1, 0.15) is 23.2 Å². The lowest BCUT2D eigenvalue weighted by molar-refractivity contribution is 0.0717. The molecule has 27 heavy (non-hydrogen) atoms. The molecule has 1 aliphatic heterocycles. The van der Waals surface area contributed by atoms with Crippen LogP contribution in [0.5, 0.6) is 0 Å². The van der Waals surface area contributed by atoms with E-state index in [1.807, 2.05) is 37.2 Å². The van der Waals surface area contributed by atoms with E-state index >= 15 is 0 Å². The molecule has 7 nitrogen and oxygen atoms in total. The predicted molar refractivity (Wildman–Crippen MR) is 105 cm³/mol. The Morgan fingerprint density at radius 3 is 2.93 bits per heavy atom. The lowest BCUT2D eigenvalue weighted by Crippen LogP contribution is -2.48. The normalized spacial score (nSPS) is 17.3. The Balaban J connectivity index is 1.52. The first kappa shape index (κ1) is 17.7. The molecule has 2 aromatic heterocycles. The topological polar surface area (TPSA) is 67.2 Å². The number of hydrogen-bond donors (Lipinski definition) is 0. The summed E-state index contributed by atoms with van der Waals surface area (Å²) in [5, 5.41) is 4.75. The zero-order valence-electron chi connectivity index (χ0n) is 15.3. The average Bonchev–Trinajstić information content (AvgIpc) is 3.13. The van der Waals surface area contributed by atoms with Crippen LogP contribution in [0.2, 0.25) is 5.02 Å². The number of amides is 1. The van der Waals surface area contributed by atoms with Crippen molar-refractivity contribution in [2.45, 2.75) is 18.9 Å². The summed E-state index contributed by atoms with van der Waals surface area (Å²) in [5.74, 6) is 0.825. The van der Waals surface area contributed by atoms with Crippen LogP contribution in [-0.4, -0.2) is 56.7 Å². The van der Waals surface area contributed by atoms with Gasteiger partial charge in [-0.2, -0.15) is 5.10 Å². The molecule has 1 aromatic carbocycles. The first-order valence-electron chi connectivity index (χ1n) is 8.94. The molecule has 0 radical (unpaired) electrons. The first-order valence-corrected chi connectivity index (χ1v) is 9.32. The summed E-state index contributed by atoms with van der Waals surface area (Å²) in [6.45, 7) is 1.63. The van der Waals surface area contributed by atoms with Gasteiger partial charge in [0, 0.05) is 44.4 Å². The number of halogens is 1. The Labute approximate surface area is 162 Å². The fraction of sp³-hybridized carbons (Fsp3) is 0.368. The molecule has 1 saturated heterocycles. The van der Waals surface area contributed by atoms with Crippen molar-refractivity contribution in [3.8, 4) is 0 Å². The highest BCUT2D eigenvalue weighted by Gasteiger charge is 2.28. The highest BCUT2D eigenvalue weighted by atomic mass is 35.5. The van der Waals surface area contributed by atoms with Gasteiger partial charge < -0.3 is 9.80 Å². The minimum atomic E-state index is -0.00538. The van der Waals surface area contributed by atoms with Gasteiger partial charge in [-0.05, 0) is 31.0 Å². The second-order valence-electron chi connectivity index (χ2n) is 6.92. The summed E-state index contributed by atoms with van der Waals surface area (Å²) in [4.78, 5) is 26.0. The van der Waals surface area contributed by atoms with Gasteiger partial charge in [-0.3, -0.25) is 14.5 Å². The molecule has 3 heterocycles. The third kappa shape index (κ3) is 3.60. The van der Waals surface area contributed by atoms with Gasteiger partial charge in [0.1, 0.15) is 5.82 Å². The van der Waals surface area contributed by atoms with E-state index in [2.05, 4.69) is 15.0 Å². The largest absolute Gasteiger partial charge is 0.353 e. The minimum absolute atomic E-state index is 0.00538. The van der Waals surface area contributed by atoms with Crippen LogP contribution in [0.4, 0.5) is 5.82 Å². The maximum absolute atomic E-state index is 12.7. The second-order valence-corrected chi connectivity index (χ2v) is 7.36. The summed E-state index contributed by atoms with van der Waals surface area (Å²) in [6.07, 6.45) is 7.11. The molecular formula is C19H21ClN6O. The summed E-state index contributed by atoms with van der Waals surface area (Å²) in [7, 11) is 3.67. The van der Waals surface area contributed by atoms with Gasteiger partial charge in [-0.15, -0.1) is 0 Å². The van der Waals surface area contributed by atoms with Crippen LogP contribution in [0.15, 0.2) is 36.8 Å². The Kier molecular flexibility index (Phi) is 4.70. The van der Waals surface area contributed by atoms with E-state index in [0.29, 0.717) is 10.6 Å². The van der Waals surface area contributed by atoms with Gasteiger partial charge in [-0.25, -0.2) is 4.98 Å². The second kappa shape index (κ2) is 7.15. The van der Waals surface area contributed by atoms with E-state index in [9.17, 15) is 4.79 Å². The van der Waals surface area contributed by atoms with E-state index in [1.54, 1.807) is 23.3 Å². The maximum atomic E-state index is 12.7. The van der Waals surface area contributed by atoms with Gasteiger partial charge in [-0.1, -0.05) is 11.6 Å². The van der Waals surface area contributed by atoms with Crippen LogP contribution in [0.3, 0.4) is 0 Å². The third-order valence-corrected chi connectivity index (χ3v) is 5.27. The Morgan fingerprint density at radius 2 is 2.15 bits per heavy atom. The Hall–Kier alpha value is -2.67. The van der Waals surface area contributed by atoms with Crippen molar-refractivity contribution >= 4 is 34.4 Å². The van der Waals surface area contributed by atoms with Gasteiger partial charge in [0.25, 0.3) is 5.91 Å². The molecular weight excluding hydrogens is 364 g/mol. The molecule has 0 saturated carbocycles. The quantitative estimate of drug-likeness (QED) is 0.694. The summed E-state index contributed by atoms with van der Waals surface area (Å²) < 4.78 is 1.64. The highest BCUT2D eigenvalue weighted by Crippen LogP contribution is 2.23. The Bertz CT molecular complexity index is 987.